The number of piperazine rings is 1. The van der Waals surface area contributed by atoms with Crippen LogP contribution in [0.1, 0.15) is 20.4 Å². The van der Waals surface area contributed by atoms with Crippen molar-refractivity contribution in [3.63, 3.8) is 0 Å². The number of rotatable bonds is 4. The van der Waals surface area contributed by atoms with Crippen LogP contribution in [-0.2, 0) is 0 Å². The largest absolute Gasteiger partial charge is 0.350 e. The molecule has 1 amide bonds. The van der Waals surface area contributed by atoms with Gasteiger partial charge in [0.25, 0.3) is 5.91 Å². The number of carbonyl (C=O) groups is 1. The number of hydrogen-bond acceptors (Lipinski definition) is 5. The number of thiazole rings is 1. The summed E-state index contributed by atoms with van der Waals surface area (Å²) in [5.41, 5.74) is 0.833. The van der Waals surface area contributed by atoms with Gasteiger partial charge in [0.15, 0.2) is 0 Å². The van der Waals surface area contributed by atoms with Gasteiger partial charge in [0.05, 0.1) is 10.7 Å². The minimum absolute atomic E-state index is 0.0113. The highest BCUT2D eigenvalue weighted by molar-refractivity contribution is 7.13. The van der Waals surface area contributed by atoms with Crippen molar-refractivity contribution in [2.75, 3.05) is 46.3 Å². The van der Waals surface area contributed by atoms with Gasteiger partial charge < -0.3 is 10.2 Å². The first-order chi connectivity index (χ1) is 9.06. The van der Waals surface area contributed by atoms with Gasteiger partial charge in [-0.1, -0.05) is 0 Å². The number of aromatic nitrogens is 1. The van der Waals surface area contributed by atoms with E-state index in [0.29, 0.717) is 6.54 Å². The molecule has 106 valence electrons. The van der Waals surface area contributed by atoms with Gasteiger partial charge in [0, 0.05) is 39.3 Å². The average molecular weight is 282 g/mol. The molecule has 1 N–H and O–H groups in total. The van der Waals surface area contributed by atoms with Crippen LogP contribution in [0.15, 0.2) is 0 Å². The Kier molecular flexibility index (Phi) is 4.90. The van der Waals surface area contributed by atoms with Crippen molar-refractivity contribution in [2.24, 2.45) is 0 Å². The molecule has 0 spiro atoms. The standard InChI is InChI=1S/C13H22N4OS/c1-10-12(19-11(2)15-10)13(18)14-4-5-17-8-6-16(3)7-9-17/h4-9H2,1-3H3,(H,14,18). The number of carbonyl (C=O) groups excluding carboxylic acids is 1. The van der Waals surface area contributed by atoms with Gasteiger partial charge in [-0.05, 0) is 20.9 Å². The van der Waals surface area contributed by atoms with Gasteiger partial charge in [-0.3, -0.25) is 9.69 Å². The number of hydrogen-bond donors (Lipinski definition) is 1. The molecular weight excluding hydrogens is 260 g/mol. The first-order valence-corrected chi connectivity index (χ1v) is 7.51. The fourth-order valence-electron chi connectivity index (χ4n) is 2.22. The third-order valence-corrected chi connectivity index (χ3v) is 4.49. The Hall–Kier alpha value is -0.980. The zero-order chi connectivity index (χ0) is 13.8. The van der Waals surface area contributed by atoms with E-state index in [2.05, 4.69) is 27.1 Å². The van der Waals surface area contributed by atoms with Crippen LogP contribution in [0.4, 0.5) is 0 Å². The molecule has 2 rings (SSSR count). The van der Waals surface area contributed by atoms with E-state index in [9.17, 15) is 4.79 Å². The summed E-state index contributed by atoms with van der Waals surface area (Å²) in [7, 11) is 2.15. The maximum atomic E-state index is 12.0. The van der Waals surface area contributed by atoms with E-state index in [1.54, 1.807) is 0 Å². The minimum atomic E-state index is 0.0113. The van der Waals surface area contributed by atoms with Crippen molar-refractivity contribution >= 4 is 17.2 Å². The molecule has 0 aromatic carbocycles. The van der Waals surface area contributed by atoms with E-state index in [4.69, 9.17) is 0 Å². The monoisotopic (exact) mass is 282 g/mol. The second-order valence-electron chi connectivity index (χ2n) is 5.05. The van der Waals surface area contributed by atoms with Crippen molar-refractivity contribution < 1.29 is 4.79 Å². The van der Waals surface area contributed by atoms with Gasteiger partial charge in [-0.2, -0.15) is 0 Å². The third kappa shape index (κ3) is 3.99. The Morgan fingerprint density at radius 2 is 2.00 bits per heavy atom. The quantitative estimate of drug-likeness (QED) is 0.885. The summed E-state index contributed by atoms with van der Waals surface area (Å²) in [5.74, 6) is 0.0113. The van der Waals surface area contributed by atoms with E-state index in [1.807, 2.05) is 13.8 Å². The molecule has 2 heterocycles. The zero-order valence-corrected chi connectivity index (χ0v) is 12.7. The smallest absolute Gasteiger partial charge is 0.263 e. The van der Waals surface area contributed by atoms with Crippen LogP contribution in [0.2, 0.25) is 0 Å². The predicted molar refractivity (Wildman–Crippen MR) is 77.9 cm³/mol. The fourth-order valence-corrected chi connectivity index (χ4v) is 3.06. The van der Waals surface area contributed by atoms with E-state index >= 15 is 0 Å². The summed E-state index contributed by atoms with van der Waals surface area (Å²) in [4.78, 5) is 21.8. The molecule has 0 bridgehead atoms. The molecule has 1 aromatic heterocycles. The van der Waals surface area contributed by atoms with Crippen LogP contribution in [-0.4, -0.2) is 67.0 Å². The van der Waals surface area contributed by atoms with Crippen LogP contribution in [0.25, 0.3) is 0 Å². The van der Waals surface area contributed by atoms with Crippen molar-refractivity contribution in [3.8, 4) is 0 Å². The molecule has 0 saturated carbocycles. The molecule has 6 heteroatoms. The van der Waals surface area contributed by atoms with Gasteiger partial charge in [-0.15, -0.1) is 11.3 Å². The maximum absolute atomic E-state index is 12.0. The number of amides is 1. The Morgan fingerprint density at radius 1 is 1.32 bits per heavy atom. The molecule has 0 atom stereocenters. The van der Waals surface area contributed by atoms with Crippen molar-refractivity contribution in [2.45, 2.75) is 13.8 Å². The molecular formula is C13H22N4OS. The summed E-state index contributed by atoms with van der Waals surface area (Å²) >= 11 is 1.47. The Labute approximate surface area is 118 Å². The van der Waals surface area contributed by atoms with Crippen LogP contribution in [0.3, 0.4) is 0 Å². The Bertz CT molecular complexity index is 438. The lowest BCUT2D eigenvalue weighted by atomic mass is 10.3. The summed E-state index contributed by atoms with van der Waals surface area (Å²) < 4.78 is 0. The van der Waals surface area contributed by atoms with E-state index in [-0.39, 0.29) is 5.91 Å². The number of nitrogens with one attached hydrogen (secondary N) is 1. The van der Waals surface area contributed by atoms with Gasteiger partial charge in [0.2, 0.25) is 0 Å². The highest BCUT2D eigenvalue weighted by atomic mass is 32.1. The second-order valence-corrected chi connectivity index (χ2v) is 6.25. The lowest BCUT2D eigenvalue weighted by Gasteiger charge is -2.32. The first-order valence-electron chi connectivity index (χ1n) is 6.69. The van der Waals surface area contributed by atoms with E-state index in [0.717, 1.165) is 48.3 Å². The average Bonchev–Trinajstić information content (AvgIpc) is 2.71. The highest BCUT2D eigenvalue weighted by Gasteiger charge is 2.15. The Morgan fingerprint density at radius 3 is 2.58 bits per heavy atom. The number of nitrogens with zero attached hydrogens (tertiary/aromatic N) is 3. The van der Waals surface area contributed by atoms with Crippen molar-refractivity contribution in [1.29, 1.82) is 0 Å². The SMILES string of the molecule is Cc1nc(C)c(C(=O)NCCN2CCN(C)CC2)s1. The van der Waals surface area contributed by atoms with Gasteiger partial charge in [-0.25, -0.2) is 4.98 Å². The van der Waals surface area contributed by atoms with Gasteiger partial charge in [0.1, 0.15) is 4.88 Å². The molecule has 19 heavy (non-hydrogen) atoms. The summed E-state index contributed by atoms with van der Waals surface area (Å²) in [6.07, 6.45) is 0. The van der Waals surface area contributed by atoms with Crippen molar-refractivity contribution in [3.05, 3.63) is 15.6 Å². The van der Waals surface area contributed by atoms with Crippen LogP contribution in [0, 0.1) is 13.8 Å². The molecule has 1 aromatic rings. The lowest BCUT2D eigenvalue weighted by molar-refractivity contribution is 0.0944. The molecule has 1 saturated heterocycles. The normalized spacial score (nSPS) is 17.6. The number of likely N-dealkylation sites (N-methyl/N-ethyl adjacent to an activating group) is 1. The maximum Gasteiger partial charge on any atom is 0.263 e. The van der Waals surface area contributed by atoms with Gasteiger partial charge >= 0.3 is 0 Å². The van der Waals surface area contributed by atoms with Crippen LogP contribution < -0.4 is 5.32 Å². The summed E-state index contributed by atoms with van der Waals surface area (Å²) in [5, 5.41) is 3.93. The molecule has 1 fully saturated rings. The molecule has 5 nitrogen and oxygen atoms in total. The second kappa shape index (κ2) is 6.45. The third-order valence-electron chi connectivity index (χ3n) is 3.42. The first kappa shape index (κ1) is 14.4. The lowest BCUT2D eigenvalue weighted by Crippen LogP contribution is -2.46. The zero-order valence-electron chi connectivity index (χ0n) is 11.9. The molecule has 0 unspecified atom stereocenters. The number of aryl methyl sites for hydroxylation is 2. The summed E-state index contributed by atoms with van der Waals surface area (Å²) in [6.45, 7) is 9.85. The minimum Gasteiger partial charge on any atom is -0.350 e. The topological polar surface area (TPSA) is 48.5 Å². The Balaban J connectivity index is 1.74. The highest BCUT2D eigenvalue weighted by Crippen LogP contribution is 2.16. The molecule has 0 aliphatic carbocycles. The van der Waals surface area contributed by atoms with E-state index in [1.165, 1.54) is 11.3 Å². The summed E-state index contributed by atoms with van der Waals surface area (Å²) in [6, 6.07) is 0. The molecule has 1 aliphatic rings. The molecule has 1 aliphatic heterocycles. The predicted octanol–water partition coefficient (Wildman–Crippen LogP) is 0.737. The molecule has 0 radical (unpaired) electrons. The van der Waals surface area contributed by atoms with Crippen molar-refractivity contribution in [1.82, 2.24) is 20.1 Å². The fraction of sp³-hybridized carbons (Fsp3) is 0.692. The van der Waals surface area contributed by atoms with E-state index < -0.39 is 0 Å². The van der Waals surface area contributed by atoms with Crippen LogP contribution >= 0.6 is 11.3 Å². The van der Waals surface area contributed by atoms with Crippen LogP contribution in [0.5, 0.6) is 0 Å².